The third-order valence-electron chi connectivity index (χ3n) is 1.99. The molecule has 7 heteroatoms. The van der Waals surface area contributed by atoms with E-state index in [1.807, 2.05) is 6.92 Å². The van der Waals surface area contributed by atoms with Crippen molar-refractivity contribution in [1.29, 1.82) is 0 Å². The van der Waals surface area contributed by atoms with Crippen LogP contribution in [0.25, 0.3) is 0 Å². The molecule has 6 nitrogen and oxygen atoms in total. The average Bonchev–Trinajstić information content (AvgIpc) is 2.63. The van der Waals surface area contributed by atoms with E-state index in [9.17, 15) is 4.79 Å². The van der Waals surface area contributed by atoms with Gasteiger partial charge >= 0.3 is 0 Å². The highest BCUT2D eigenvalue weighted by Gasteiger charge is 2.00. The van der Waals surface area contributed by atoms with E-state index in [1.54, 1.807) is 18.1 Å². The molecule has 0 spiro atoms. The predicted molar refractivity (Wildman–Crippen MR) is 69.8 cm³/mol. The summed E-state index contributed by atoms with van der Waals surface area (Å²) in [5, 5.41) is 2.42. The summed E-state index contributed by atoms with van der Waals surface area (Å²) in [5.41, 5.74) is 7.63. The molecule has 0 atom stereocenters. The smallest absolute Gasteiger partial charge is 0.223 e. The summed E-state index contributed by atoms with van der Waals surface area (Å²) >= 11 is 1.73. The minimum atomic E-state index is -0.203. The van der Waals surface area contributed by atoms with Crippen LogP contribution in [-0.4, -0.2) is 34.1 Å². The molecule has 17 heavy (non-hydrogen) atoms. The van der Waals surface area contributed by atoms with Gasteiger partial charge in [0.1, 0.15) is 0 Å². The maximum atomic E-state index is 10.6. The number of rotatable bonds is 5. The molecule has 0 aliphatic carbocycles. The molecule has 0 radical (unpaired) electrons. The lowest BCUT2D eigenvalue weighted by Crippen LogP contribution is -2.35. The first-order valence-electron chi connectivity index (χ1n) is 5.23. The molecule has 0 bridgehead atoms. The van der Waals surface area contributed by atoms with Crippen molar-refractivity contribution >= 4 is 23.6 Å². The monoisotopic (exact) mass is 255 g/mol. The Hall–Kier alpha value is -1.50. The van der Waals surface area contributed by atoms with Crippen LogP contribution in [0.3, 0.4) is 0 Å². The number of amides is 1. The summed E-state index contributed by atoms with van der Waals surface area (Å²) in [4.78, 5) is 21.9. The lowest BCUT2D eigenvalue weighted by Gasteiger charge is -2.01. The number of aromatic nitrogens is 2. The van der Waals surface area contributed by atoms with Crippen LogP contribution in [0.15, 0.2) is 11.3 Å². The molecule has 4 N–H and O–H groups in total. The number of H-pyrrole nitrogens is 1. The first kappa shape index (κ1) is 13.6. The Morgan fingerprint density at radius 2 is 2.47 bits per heavy atom. The fourth-order valence-electron chi connectivity index (χ4n) is 1.15. The number of guanidine groups is 1. The molecule has 0 aromatic carbocycles. The molecular formula is C10H17N5OS. The van der Waals surface area contributed by atoms with Gasteiger partial charge in [0.25, 0.3) is 0 Å². The molecule has 1 rings (SSSR count). The van der Waals surface area contributed by atoms with Gasteiger partial charge in [-0.25, -0.2) is 4.98 Å². The highest BCUT2D eigenvalue weighted by molar-refractivity contribution is 7.98. The molecule has 94 valence electrons. The van der Waals surface area contributed by atoms with Crippen LogP contribution < -0.4 is 11.1 Å². The van der Waals surface area contributed by atoms with E-state index >= 15 is 0 Å². The van der Waals surface area contributed by atoms with E-state index < -0.39 is 0 Å². The van der Waals surface area contributed by atoms with E-state index in [0.29, 0.717) is 6.54 Å². The fourth-order valence-corrected chi connectivity index (χ4v) is 2.00. The van der Waals surface area contributed by atoms with Crippen molar-refractivity contribution in [3.8, 4) is 0 Å². The largest absolute Gasteiger partial charge is 0.370 e. The Bertz CT molecular complexity index is 401. The van der Waals surface area contributed by atoms with Crippen molar-refractivity contribution < 1.29 is 4.79 Å². The molecule has 1 heterocycles. The van der Waals surface area contributed by atoms with Gasteiger partial charge in [0.05, 0.1) is 18.6 Å². The minimum absolute atomic E-state index is 0.175. The van der Waals surface area contributed by atoms with Gasteiger partial charge in [0.15, 0.2) is 5.96 Å². The van der Waals surface area contributed by atoms with Gasteiger partial charge < -0.3 is 10.7 Å². The number of thioether (sulfide) groups is 1. The van der Waals surface area contributed by atoms with Crippen LogP contribution in [0.1, 0.15) is 18.3 Å². The van der Waals surface area contributed by atoms with Gasteiger partial charge in [-0.05, 0) is 6.92 Å². The standard InChI is InChI=1S/C10H17N5OS/c1-7-9(14-6-13-7)5-17-4-3-12-10(11)15-8(2)16/h6H,3-5H2,1-2H3,(H,13,14)(H3,11,12,15,16). The number of nitrogens with one attached hydrogen (secondary N) is 2. The Morgan fingerprint density at radius 1 is 1.71 bits per heavy atom. The zero-order chi connectivity index (χ0) is 12.7. The summed E-state index contributed by atoms with van der Waals surface area (Å²) in [5.74, 6) is 1.66. The van der Waals surface area contributed by atoms with Gasteiger partial charge in [-0.1, -0.05) is 0 Å². The summed E-state index contributed by atoms with van der Waals surface area (Å²) in [6.45, 7) is 3.98. The van der Waals surface area contributed by atoms with E-state index in [-0.39, 0.29) is 11.9 Å². The molecule has 1 amide bonds. The second-order valence-corrected chi connectivity index (χ2v) is 4.58. The van der Waals surface area contributed by atoms with E-state index in [1.165, 1.54) is 6.92 Å². The normalized spacial score (nSPS) is 11.5. The molecule has 0 aliphatic rings. The summed E-state index contributed by atoms with van der Waals surface area (Å²) < 4.78 is 0. The molecule has 0 aliphatic heterocycles. The third kappa shape index (κ3) is 5.39. The number of aryl methyl sites for hydroxylation is 1. The first-order chi connectivity index (χ1) is 8.09. The molecule has 0 saturated heterocycles. The zero-order valence-electron chi connectivity index (χ0n) is 9.99. The van der Waals surface area contributed by atoms with Crippen molar-refractivity contribution in [2.75, 3.05) is 12.3 Å². The predicted octanol–water partition coefficient (Wildman–Crippen LogP) is 0.402. The van der Waals surface area contributed by atoms with Crippen LogP contribution in [-0.2, 0) is 10.5 Å². The molecule has 1 aromatic rings. The van der Waals surface area contributed by atoms with E-state index in [0.717, 1.165) is 22.9 Å². The molecule has 0 unspecified atom stereocenters. The van der Waals surface area contributed by atoms with Gasteiger partial charge in [0, 0.05) is 24.1 Å². The van der Waals surface area contributed by atoms with Gasteiger partial charge in [0.2, 0.25) is 5.91 Å². The summed E-state index contributed by atoms with van der Waals surface area (Å²) in [6, 6.07) is 0. The Kier molecular flexibility index (Phi) is 5.55. The molecular weight excluding hydrogens is 238 g/mol. The van der Waals surface area contributed by atoms with Crippen molar-refractivity contribution in [2.24, 2.45) is 10.7 Å². The average molecular weight is 255 g/mol. The summed E-state index contributed by atoms with van der Waals surface area (Å²) in [7, 11) is 0. The third-order valence-corrected chi connectivity index (χ3v) is 2.94. The number of imidazole rings is 1. The van der Waals surface area contributed by atoms with Crippen LogP contribution >= 0.6 is 11.8 Å². The molecule has 1 aromatic heterocycles. The van der Waals surface area contributed by atoms with Crippen molar-refractivity contribution in [3.05, 3.63) is 17.7 Å². The maximum Gasteiger partial charge on any atom is 0.223 e. The number of carbonyl (C=O) groups excluding carboxylic acids is 1. The Labute approximate surface area is 104 Å². The first-order valence-corrected chi connectivity index (χ1v) is 6.39. The lowest BCUT2D eigenvalue weighted by molar-refractivity contribution is -0.117. The Balaban J connectivity index is 2.16. The van der Waals surface area contributed by atoms with Gasteiger partial charge in [-0.2, -0.15) is 11.8 Å². The van der Waals surface area contributed by atoms with Crippen molar-refractivity contribution in [2.45, 2.75) is 19.6 Å². The van der Waals surface area contributed by atoms with E-state index in [2.05, 4.69) is 20.3 Å². The van der Waals surface area contributed by atoms with Crippen LogP contribution in [0.5, 0.6) is 0 Å². The topological polar surface area (TPSA) is 96.2 Å². The quantitative estimate of drug-likeness (QED) is 0.403. The second-order valence-electron chi connectivity index (χ2n) is 3.47. The number of aliphatic imine (C=N–C) groups is 1. The second kappa shape index (κ2) is 6.95. The van der Waals surface area contributed by atoms with Gasteiger partial charge in [-0.3, -0.25) is 15.1 Å². The maximum absolute atomic E-state index is 10.6. The summed E-state index contributed by atoms with van der Waals surface area (Å²) in [6.07, 6.45) is 1.69. The lowest BCUT2D eigenvalue weighted by atomic mass is 10.4. The molecule has 0 fully saturated rings. The van der Waals surface area contributed by atoms with Crippen LogP contribution in [0.2, 0.25) is 0 Å². The number of hydrogen-bond donors (Lipinski definition) is 3. The van der Waals surface area contributed by atoms with Crippen LogP contribution in [0, 0.1) is 6.92 Å². The number of nitrogens with two attached hydrogens (primary N) is 1. The zero-order valence-corrected chi connectivity index (χ0v) is 10.8. The minimum Gasteiger partial charge on any atom is -0.370 e. The number of nitrogens with zero attached hydrogens (tertiary/aromatic N) is 2. The van der Waals surface area contributed by atoms with Gasteiger partial charge in [-0.15, -0.1) is 0 Å². The number of aromatic amines is 1. The van der Waals surface area contributed by atoms with E-state index in [4.69, 9.17) is 5.73 Å². The Morgan fingerprint density at radius 3 is 3.06 bits per heavy atom. The fraction of sp³-hybridized carbons (Fsp3) is 0.500. The number of hydrogen-bond acceptors (Lipinski definition) is 4. The van der Waals surface area contributed by atoms with Crippen molar-refractivity contribution in [1.82, 2.24) is 15.3 Å². The van der Waals surface area contributed by atoms with Crippen LogP contribution in [0.4, 0.5) is 0 Å². The SMILES string of the molecule is CC(=O)NC(N)=NCCSCc1nc[nH]c1C. The van der Waals surface area contributed by atoms with Crippen molar-refractivity contribution in [3.63, 3.8) is 0 Å². The molecule has 0 saturated carbocycles. The highest BCUT2D eigenvalue weighted by Crippen LogP contribution is 2.11. The highest BCUT2D eigenvalue weighted by atomic mass is 32.2. The number of carbonyl (C=O) groups is 1.